The third-order valence-corrected chi connectivity index (χ3v) is 5.05. The number of likely N-dealkylation sites (N-methyl/N-ethyl adjacent to an activating group) is 1. The first kappa shape index (κ1) is 17.7. The molecule has 0 saturated heterocycles. The van der Waals surface area contributed by atoms with Gasteiger partial charge in [0, 0.05) is 42.8 Å². The first-order chi connectivity index (χ1) is 13.5. The molecule has 140 valence electrons. The first-order valence-electron chi connectivity index (χ1n) is 8.97. The van der Waals surface area contributed by atoms with Crippen LogP contribution in [-0.4, -0.2) is 40.7 Å². The van der Waals surface area contributed by atoms with Gasteiger partial charge in [-0.25, -0.2) is 0 Å². The van der Waals surface area contributed by atoms with Gasteiger partial charge in [0.2, 0.25) is 5.78 Å². The van der Waals surface area contributed by atoms with Gasteiger partial charge in [0.05, 0.1) is 16.8 Å². The fraction of sp³-hybridized carbons (Fsp3) is 0.136. The summed E-state index contributed by atoms with van der Waals surface area (Å²) in [6.45, 7) is 4.37. The Balaban J connectivity index is 1.63. The van der Waals surface area contributed by atoms with Gasteiger partial charge in [0.15, 0.2) is 0 Å². The number of hydrogen-bond acceptors (Lipinski definition) is 4. The number of carbonyl (C=O) groups excluding carboxylic acids is 3. The van der Waals surface area contributed by atoms with Crippen molar-refractivity contribution in [3.05, 3.63) is 83.7 Å². The number of hydrogen-bond donors (Lipinski definition) is 1. The minimum absolute atomic E-state index is 0.182. The molecule has 28 heavy (non-hydrogen) atoms. The number of rotatable bonds is 6. The molecule has 0 spiro atoms. The summed E-state index contributed by atoms with van der Waals surface area (Å²) in [5, 5.41) is 3.60. The summed E-state index contributed by atoms with van der Waals surface area (Å²) in [4.78, 5) is 39.0. The van der Waals surface area contributed by atoms with Crippen molar-refractivity contribution in [2.75, 3.05) is 13.6 Å². The average Bonchev–Trinajstić information content (AvgIpc) is 3.21. The molecule has 0 aliphatic carbocycles. The predicted octanol–water partition coefficient (Wildman–Crippen LogP) is 2.85. The van der Waals surface area contributed by atoms with Crippen LogP contribution in [0.1, 0.15) is 31.1 Å². The second kappa shape index (κ2) is 6.81. The van der Waals surface area contributed by atoms with E-state index >= 15 is 0 Å². The summed E-state index contributed by atoms with van der Waals surface area (Å²) in [5.41, 5.74) is 2.59. The molecule has 1 aliphatic heterocycles. The number of nitrogens with one attached hydrogen (secondary N) is 1. The molecule has 1 N–H and O–H groups in total. The summed E-state index contributed by atoms with van der Waals surface area (Å²) in [5.74, 6) is -0.743. The summed E-state index contributed by atoms with van der Waals surface area (Å²) < 4.78 is 1.90. The smallest absolute Gasteiger partial charge is 0.261 e. The molecule has 2 heterocycles. The van der Waals surface area contributed by atoms with Crippen molar-refractivity contribution in [2.24, 2.45) is 0 Å². The number of Topliss-reactive ketones (excluding diaryl/α,β-unsaturated/α-hetero) is 1. The molecule has 4 rings (SSSR count). The molecule has 6 nitrogen and oxygen atoms in total. The minimum atomic E-state index is -0.281. The van der Waals surface area contributed by atoms with Gasteiger partial charge in [0.1, 0.15) is 0 Å². The second-order valence-electron chi connectivity index (χ2n) is 6.62. The maximum atomic E-state index is 12.6. The summed E-state index contributed by atoms with van der Waals surface area (Å²) in [6.07, 6.45) is 1.76. The van der Waals surface area contributed by atoms with Gasteiger partial charge < -0.3 is 9.88 Å². The molecule has 2 amide bonds. The standard InChI is InChI=1S/C22H19N3O3/c1-14(23-2)20(26)18-13-24(19-10-6-5-7-15(18)19)11-12-25-21(27)16-8-3-4-9-17(16)22(25)28/h3-10,13,23H,1,11-12H2,2H3. The first-order valence-corrected chi connectivity index (χ1v) is 8.97. The Morgan fingerprint density at radius 1 is 0.964 bits per heavy atom. The number of nitrogens with zero attached hydrogens (tertiary/aromatic N) is 2. The number of benzene rings is 2. The maximum Gasteiger partial charge on any atom is 0.261 e. The molecule has 0 fully saturated rings. The number of ketones is 1. The highest BCUT2D eigenvalue weighted by molar-refractivity contribution is 6.21. The minimum Gasteiger partial charge on any atom is -0.385 e. The van der Waals surface area contributed by atoms with Crippen LogP contribution in [0.3, 0.4) is 0 Å². The fourth-order valence-corrected chi connectivity index (χ4v) is 3.54. The van der Waals surface area contributed by atoms with E-state index in [0.717, 1.165) is 10.9 Å². The van der Waals surface area contributed by atoms with Gasteiger partial charge in [-0.3, -0.25) is 19.3 Å². The predicted molar refractivity (Wildman–Crippen MR) is 106 cm³/mol. The topological polar surface area (TPSA) is 71.4 Å². The maximum absolute atomic E-state index is 12.6. The number of allylic oxidation sites excluding steroid dienone is 1. The van der Waals surface area contributed by atoms with E-state index in [1.54, 1.807) is 37.5 Å². The number of aromatic nitrogens is 1. The van der Waals surface area contributed by atoms with Crippen molar-refractivity contribution in [3.63, 3.8) is 0 Å². The summed E-state index contributed by atoms with van der Waals surface area (Å²) >= 11 is 0. The van der Waals surface area contributed by atoms with Crippen LogP contribution in [0.15, 0.2) is 67.0 Å². The number of imide groups is 1. The monoisotopic (exact) mass is 373 g/mol. The van der Waals surface area contributed by atoms with E-state index in [-0.39, 0.29) is 24.1 Å². The lowest BCUT2D eigenvalue weighted by Gasteiger charge is -2.14. The van der Waals surface area contributed by atoms with Crippen LogP contribution in [-0.2, 0) is 6.54 Å². The van der Waals surface area contributed by atoms with Crippen LogP contribution in [0.4, 0.5) is 0 Å². The quantitative estimate of drug-likeness (QED) is 0.410. The van der Waals surface area contributed by atoms with Gasteiger partial charge in [-0.2, -0.15) is 0 Å². The Hall–Kier alpha value is -3.67. The number of carbonyl (C=O) groups is 3. The third-order valence-electron chi connectivity index (χ3n) is 5.05. The lowest BCUT2D eigenvalue weighted by atomic mass is 10.1. The van der Waals surface area contributed by atoms with Gasteiger partial charge >= 0.3 is 0 Å². The molecular weight excluding hydrogens is 354 g/mol. The Labute approximate surface area is 162 Å². The highest BCUT2D eigenvalue weighted by atomic mass is 16.2. The molecule has 1 aliphatic rings. The fourth-order valence-electron chi connectivity index (χ4n) is 3.54. The number of amides is 2. The second-order valence-corrected chi connectivity index (χ2v) is 6.62. The summed E-state index contributed by atoms with van der Waals surface area (Å²) in [6, 6.07) is 14.4. The van der Waals surface area contributed by atoms with E-state index in [4.69, 9.17) is 0 Å². The molecule has 6 heteroatoms. The van der Waals surface area contributed by atoms with E-state index in [2.05, 4.69) is 11.9 Å². The molecule has 0 radical (unpaired) electrons. The molecule has 0 saturated carbocycles. The zero-order valence-corrected chi connectivity index (χ0v) is 15.4. The van der Waals surface area contributed by atoms with Gasteiger partial charge in [-0.15, -0.1) is 0 Å². The van der Waals surface area contributed by atoms with Crippen molar-refractivity contribution in [3.8, 4) is 0 Å². The van der Waals surface area contributed by atoms with E-state index in [1.807, 2.05) is 28.8 Å². The van der Waals surface area contributed by atoms with E-state index in [0.29, 0.717) is 28.9 Å². The van der Waals surface area contributed by atoms with Crippen LogP contribution in [0.5, 0.6) is 0 Å². The van der Waals surface area contributed by atoms with Gasteiger partial charge in [-0.1, -0.05) is 36.9 Å². The molecule has 3 aromatic rings. The van der Waals surface area contributed by atoms with Crippen LogP contribution < -0.4 is 5.32 Å². The van der Waals surface area contributed by atoms with Crippen molar-refractivity contribution in [2.45, 2.75) is 6.54 Å². The van der Waals surface area contributed by atoms with Crippen molar-refractivity contribution < 1.29 is 14.4 Å². The van der Waals surface area contributed by atoms with Crippen LogP contribution >= 0.6 is 0 Å². The van der Waals surface area contributed by atoms with Crippen molar-refractivity contribution in [1.29, 1.82) is 0 Å². The molecule has 0 atom stereocenters. The molecular formula is C22H19N3O3. The van der Waals surface area contributed by atoms with Crippen molar-refractivity contribution in [1.82, 2.24) is 14.8 Å². The number of fused-ring (bicyclic) bond motifs is 2. The zero-order chi connectivity index (χ0) is 19.8. The largest absolute Gasteiger partial charge is 0.385 e. The molecule has 0 bridgehead atoms. The van der Waals surface area contributed by atoms with Crippen molar-refractivity contribution >= 4 is 28.5 Å². The Bertz CT molecular complexity index is 1110. The normalized spacial score (nSPS) is 13.1. The van der Waals surface area contributed by atoms with E-state index < -0.39 is 0 Å². The lowest BCUT2D eigenvalue weighted by molar-refractivity contribution is 0.0649. The molecule has 1 aromatic heterocycles. The van der Waals surface area contributed by atoms with Crippen LogP contribution in [0.25, 0.3) is 10.9 Å². The molecule has 0 unspecified atom stereocenters. The van der Waals surface area contributed by atoms with Crippen LogP contribution in [0.2, 0.25) is 0 Å². The van der Waals surface area contributed by atoms with E-state index in [1.165, 1.54) is 4.90 Å². The average molecular weight is 373 g/mol. The third kappa shape index (κ3) is 2.70. The van der Waals surface area contributed by atoms with Crippen LogP contribution in [0, 0.1) is 0 Å². The highest BCUT2D eigenvalue weighted by Crippen LogP contribution is 2.25. The van der Waals surface area contributed by atoms with Gasteiger partial charge in [0.25, 0.3) is 11.8 Å². The summed E-state index contributed by atoms with van der Waals surface area (Å²) in [7, 11) is 1.65. The Kier molecular flexibility index (Phi) is 4.31. The number of para-hydroxylation sites is 1. The molecule has 2 aromatic carbocycles. The highest BCUT2D eigenvalue weighted by Gasteiger charge is 2.34. The zero-order valence-electron chi connectivity index (χ0n) is 15.4. The van der Waals surface area contributed by atoms with Gasteiger partial charge in [-0.05, 0) is 18.2 Å². The van der Waals surface area contributed by atoms with E-state index in [9.17, 15) is 14.4 Å². The lowest BCUT2D eigenvalue weighted by Crippen LogP contribution is -2.32. The Morgan fingerprint density at radius 2 is 1.57 bits per heavy atom. The Morgan fingerprint density at radius 3 is 2.21 bits per heavy atom. The SMILES string of the molecule is C=C(NC)C(=O)c1cn(CCN2C(=O)c3ccccc3C2=O)c2ccccc12.